The number of carbonyl (C=O) groups excluding carboxylic acids is 3. The van der Waals surface area contributed by atoms with Gasteiger partial charge in [0.05, 0.1) is 32.3 Å². The van der Waals surface area contributed by atoms with E-state index in [0.717, 1.165) is 10.5 Å². The Kier molecular flexibility index (Phi) is 11.9. The SMILES string of the molecule is COc1cc(/C=C(/NC(=O)c2ccccc2)C(=O)Nc2cccc(SC(C)C(=O)Nc3nc(-c4ccc(F)cc4)cs3)c2)cc(OC)c1OC. The molecule has 0 fully saturated rings. The Balaban J connectivity index is 1.31. The first-order valence-corrected chi connectivity index (χ1v) is 16.9. The van der Waals surface area contributed by atoms with Crippen LogP contribution in [0.1, 0.15) is 22.8 Å². The second-order valence-corrected chi connectivity index (χ2v) is 12.9. The molecule has 1 heterocycles. The van der Waals surface area contributed by atoms with E-state index in [4.69, 9.17) is 14.2 Å². The summed E-state index contributed by atoms with van der Waals surface area (Å²) >= 11 is 2.57. The van der Waals surface area contributed by atoms with Crippen LogP contribution in [-0.4, -0.2) is 49.3 Å². The molecule has 0 radical (unpaired) electrons. The van der Waals surface area contributed by atoms with Crippen LogP contribution in [-0.2, 0) is 9.59 Å². The van der Waals surface area contributed by atoms with Gasteiger partial charge in [-0.05, 0) is 85.3 Å². The minimum atomic E-state index is -0.586. The predicted molar refractivity (Wildman–Crippen MR) is 195 cm³/mol. The highest BCUT2D eigenvalue weighted by Gasteiger charge is 2.20. The molecule has 0 spiro atoms. The van der Waals surface area contributed by atoms with Crippen molar-refractivity contribution in [3.8, 4) is 28.5 Å². The molecule has 50 heavy (non-hydrogen) atoms. The summed E-state index contributed by atoms with van der Waals surface area (Å²) in [6, 6.07) is 24.8. The molecule has 5 aromatic rings. The van der Waals surface area contributed by atoms with Crippen molar-refractivity contribution in [3.63, 3.8) is 0 Å². The van der Waals surface area contributed by atoms with Crippen LogP contribution in [0.2, 0.25) is 0 Å². The molecule has 5 rings (SSSR count). The number of rotatable bonds is 13. The Morgan fingerprint density at radius 3 is 2.22 bits per heavy atom. The zero-order chi connectivity index (χ0) is 35.6. The maximum absolute atomic E-state index is 13.7. The lowest BCUT2D eigenvalue weighted by atomic mass is 10.1. The average molecular weight is 713 g/mol. The van der Waals surface area contributed by atoms with Crippen molar-refractivity contribution in [1.29, 1.82) is 0 Å². The fourth-order valence-electron chi connectivity index (χ4n) is 4.69. The van der Waals surface area contributed by atoms with E-state index in [2.05, 4.69) is 20.9 Å². The summed E-state index contributed by atoms with van der Waals surface area (Å²) in [5.74, 6) is -0.537. The van der Waals surface area contributed by atoms with Crippen molar-refractivity contribution < 1.29 is 33.0 Å². The molecule has 4 aromatic carbocycles. The third-order valence-corrected chi connectivity index (χ3v) is 9.03. The molecule has 256 valence electrons. The summed E-state index contributed by atoms with van der Waals surface area (Å²) in [7, 11) is 4.45. The number of hydrogen-bond acceptors (Lipinski definition) is 9. The predicted octanol–water partition coefficient (Wildman–Crippen LogP) is 7.50. The lowest BCUT2D eigenvalue weighted by molar-refractivity contribution is -0.115. The van der Waals surface area contributed by atoms with Crippen molar-refractivity contribution in [2.75, 3.05) is 32.0 Å². The van der Waals surface area contributed by atoms with Gasteiger partial charge in [0, 0.05) is 27.1 Å². The molecule has 10 nitrogen and oxygen atoms in total. The van der Waals surface area contributed by atoms with Gasteiger partial charge in [-0.3, -0.25) is 14.4 Å². The highest BCUT2D eigenvalue weighted by atomic mass is 32.2. The van der Waals surface area contributed by atoms with Gasteiger partial charge in [0.1, 0.15) is 11.5 Å². The molecule has 1 aromatic heterocycles. The number of halogens is 1. The van der Waals surface area contributed by atoms with Gasteiger partial charge in [0.25, 0.3) is 11.8 Å². The molecule has 0 bridgehead atoms. The highest BCUT2D eigenvalue weighted by molar-refractivity contribution is 8.00. The number of hydrogen-bond donors (Lipinski definition) is 3. The summed E-state index contributed by atoms with van der Waals surface area (Å²) in [6.07, 6.45) is 1.51. The van der Waals surface area contributed by atoms with E-state index in [1.165, 1.54) is 62.6 Å². The van der Waals surface area contributed by atoms with Crippen LogP contribution < -0.4 is 30.2 Å². The third kappa shape index (κ3) is 9.07. The number of methoxy groups -OCH3 is 3. The first kappa shape index (κ1) is 35.6. The summed E-state index contributed by atoms with van der Waals surface area (Å²) in [4.78, 5) is 45.1. The molecule has 0 aliphatic rings. The molecule has 0 saturated carbocycles. The van der Waals surface area contributed by atoms with Gasteiger partial charge in [-0.2, -0.15) is 0 Å². The van der Waals surface area contributed by atoms with Gasteiger partial charge in [0.2, 0.25) is 11.7 Å². The Hall–Kier alpha value is -5.66. The van der Waals surface area contributed by atoms with Crippen LogP contribution >= 0.6 is 23.1 Å². The lowest BCUT2D eigenvalue weighted by Gasteiger charge is -2.15. The topological polar surface area (TPSA) is 128 Å². The van der Waals surface area contributed by atoms with Gasteiger partial charge in [-0.25, -0.2) is 9.37 Å². The maximum atomic E-state index is 13.7. The summed E-state index contributed by atoms with van der Waals surface area (Å²) < 4.78 is 29.6. The van der Waals surface area contributed by atoms with Crippen LogP contribution in [0.3, 0.4) is 0 Å². The van der Waals surface area contributed by atoms with E-state index in [1.54, 1.807) is 85.1 Å². The van der Waals surface area contributed by atoms with Crippen LogP contribution in [0.4, 0.5) is 15.2 Å². The fourth-order valence-corrected chi connectivity index (χ4v) is 6.34. The van der Waals surface area contributed by atoms with Crippen LogP contribution in [0.5, 0.6) is 17.2 Å². The van der Waals surface area contributed by atoms with E-state index in [1.807, 2.05) is 6.07 Å². The van der Waals surface area contributed by atoms with Crippen molar-refractivity contribution in [2.45, 2.75) is 17.1 Å². The molecule has 3 N–H and O–H groups in total. The number of ether oxygens (including phenoxy) is 3. The minimum absolute atomic E-state index is 0.0395. The third-order valence-electron chi connectivity index (χ3n) is 7.18. The van der Waals surface area contributed by atoms with Crippen molar-refractivity contribution in [2.24, 2.45) is 0 Å². The van der Waals surface area contributed by atoms with Crippen molar-refractivity contribution in [1.82, 2.24) is 10.3 Å². The van der Waals surface area contributed by atoms with Gasteiger partial charge in [-0.1, -0.05) is 24.3 Å². The van der Waals surface area contributed by atoms with E-state index >= 15 is 0 Å². The molecule has 0 aliphatic carbocycles. The number of carbonyl (C=O) groups is 3. The molecule has 1 unspecified atom stereocenters. The Morgan fingerprint density at radius 2 is 1.56 bits per heavy atom. The molecule has 0 aliphatic heterocycles. The number of amides is 3. The maximum Gasteiger partial charge on any atom is 0.272 e. The highest BCUT2D eigenvalue weighted by Crippen LogP contribution is 2.39. The van der Waals surface area contributed by atoms with Crippen molar-refractivity contribution in [3.05, 3.63) is 119 Å². The standard InChI is InChI=1S/C37H33FN4O6S2/c1-22(34(43)42-37-41-30(21-49-37)24-13-15-26(38)16-14-24)50-28-12-8-11-27(20-28)39-36(45)29(40-35(44)25-9-6-5-7-10-25)17-23-18-31(46-2)33(48-4)32(19-23)47-3/h5-22H,1-4H3,(H,39,45)(H,40,44)(H,41,42,43)/b29-17+. The second-order valence-electron chi connectivity index (χ2n) is 10.6. The largest absolute Gasteiger partial charge is 0.493 e. The number of thiazole rings is 1. The lowest BCUT2D eigenvalue weighted by Crippen LogP contribution is -2.30. The zero-order valence-corrected chi connectivity index (χ0v) is 29.1. The minimum Gasteiger partial charge on any atom is -0.493 e. The molecule has 0 saturated heterocycles. The fraction of sp³-hybridized carbons (Fsp3) is 0.135. The van der Waals surface area contributed by atoms with Crippen LogP contribution in [0.25, 0.3) is 17.3 Å². The van der Waals surface area contributed by atoms with E-state index in [9.17, 15) is 18.8 Å². The van der Waals surface area contributed by atoms with Crippen molar-refractivity contribution >= 4 is 57.7 Å². The number of anilines is 2. The van der Waals surface area contributed by atoms with Gasteiger partial charge < -0.3 is 30.2 Å². The first-order valence-electron chi connectivity index (χ1n) is 15.2. The smallest absolute Gasteiger partial charge is 0.272 e. The second kappa shape index (κ2) is 16.6. The molecule has 13 heteroatoms. The van der Waals surface area contributed by atoms with E-state index in [0.29, 0.717) is 44.9 Å². The average Bonchev–Trinajstić information content (AvgIpc) is 3.59. The van der Waals surface area contributed by atoms with Crippen LogP contribution in [0, 0.1) is 5.82 Å². The van der Waals surface area contributed by atoms with Gasteiger partial charge in [0.15, 0.2) is 16.6 Å². The van der Waals surface area contributed by atoms with Gasteiger partial charge >= 0.3 is 0 Å². The molecule has 1 atom stereocenters. The Morgan fingerprint density at radius 1 is 0.860 bits per heavy atom. The zero-order valence-electron chi connectivity index (χ0n) is 27.5. The number of nitrogens with one attached hydrogen (secondary N) is 3. The molecular formula is C37H33FN4O6S2. The Bertz CT molecular complexity index is 1990. The summed E-state index contributed by atoms with van der Waals surface area (Å²) in [5, 5.41) is 10.1. The number of nitrogens with zero attached hydrogens (tertiary/aromatic N) is 1. The quantitative estimate of drug-likeness (QED) is 0.0846. The molecular weight excluding hydrogens is 680 g/mol. The Labute approximate surface area is 296 Å². The van der Waals surface area contributed by atoms with Gasteiger partial charge in [-0.15, -0.1) is 23.1 Å². The first-order chi connectivity index (χ1) is 24.2. The molecule has 3 amide bonds. The monoisotopic (exact) mass is 712 g/mol. The summed E-state index contributed by atoms with van der Waals surface area (Å²) in [6.45, 7) is 1.76. The number of benzene rings is 4. The van der Waals surface area contributed by atoms with Crippen LogP contribution in [0.15, 0.2) is 107 Å². The summed E-state index contributed by atoms with van der Waals surface area (Å²) in [5.41, 5.74) is 2.65. The number of thioether (sulfide) groups is 1. The van der Waals surface area contributed by atoms with E-state index in [-0.39, 0.29) is 17.4 Å². The van der Waals surface area contributed by atoms with E-state index < -0.39 is 17.1 Å². The number of aromatic nitrogens is 1. The normalized spacial score (nSPS) is 11.7.